The van der Waals surface area contributed by atoms with Gasteiger partial charge in [-0.2, -0.15) is 0 Å². The number of rotatable bonds is 5. The fourth-order valence-corrected chi connectivity index (χ4v) is 5.17. The molecule has 13 heteroatoms. The molecule has 2 aromatic carbocycles. The molecule has 2 amide bonds. The highest BCUT2D eigenvalue weighted by molar-refractivity contribution is 5.96. The van der Waals surface area contributed by atoms with Crippen molar-refractivity contribution in [3.05, 3.63) is 47.5 Å². The second-order valence-corrected chi connectivity index (χ2v) is 10.2. The van der Waals surface area contributed by atoms with Crippen LogP contribution in [0, 0.1) is 0 Å². The van der Waals surface area contributed by atoms with E-state index in [0.29, 0.717) is 64.4 Å². The second kappa shape index (κ2) is 16.9. The van der Waals surface area contributed by atoms with Gasteiger partial charge in [0.2, 0.25) is 11.8 Å². The van der Waals surface area contributed by atoms with Crippen molar-refractivity contribution >= 4 is 17.8 Å². The van der Waals surface area contributed by atoms with E-state index in [4.69, 9.17) is 38.9 Å². The van der Waals surface area contributed by atoms with Crippen LogP contribution in [0.3, 0.4) is 0 Å². The van der Waals surface area contributed by atoms with Crippen LogP contribution in [0.1, 0.15) is 11.1 Å². The number of esters is 1. The smallest absolute Gasteiger partial charge is 0.325 e. The van der Waals surface area contributed by atoms with Gasteiger partial charge in [0, 0.05) is 24.0 Å². The first-order valence-electron chi connectivity index (χ1n) is 14.6. The zero-order valence-electron chi connectivity index (χ0n) is 25.0. The Morgan fingerprint density at radius 2 is 1.20 bits per heavy atom. The van der Waals surface area contributed by atoms with Crippen molar-refractivity contribution in [2.24, 2.45) is 5.73 Å². The molecule has 1 heterocycles. The fraction of sp³-hybridized carbons (Fsp3) is 0.516. The standard InChI is InChI=1S/C31H41N3O10/c1-38-27(36)21-33-30(37)31(34-26(35)20-32)18-22-4-2-6-24-28(22)29-23(19-31)5-3-7-25(29)44-17-15-42-13-11-40-9-8-39-10-12-41-14-16-43-24/h2-7H,8-21,32H2,1H3,(H,33,37)(H,34,35). The van der Waals surface area contributed by atoms with Crippen LogP contribution in [0.2, 0.25) is 0 Å². The van der Waals surface area contributed by atoms with Crippen molar-refractivity contribution in [3.8, 4) is 22.6 Å². The average molecular weight is 616 g/mol. The number of benzene rings is 2. The Bertz CT molecular complexity index is 1200. The topological polar surface area (TPSA) is 166 Å². The van der Waals surface area contributed by atoms with Crippen LogP contribution < -0.4 is 25.8 Å². The van der Waals surface area contributed by atoms with Gasteiger partial charge in [0.1, 0.15) is 36.8 Å². The quantitative estimate of drug-likeness (QED) is 0.399. The molecule has 1 aliphatic carbocycles. The lowest BCUT2D eigenvalue weighted by atomic mass is 9.85. The third-order valence-electron chi connectivity index (χ3n) is 7.17. The minimum absolute atomic E-state index is 0.0867. The summed E-state index contributed by atoms with van der Waals surface area (Å²) in [5, 5.41) is 5.49. The molecule has 2 aromatic rings. The van der Waals surface area contributed by atoms with E-state index in [1.807, 2.05) is 36.4 Å². The molecule has 0 saturated heterocycles. The average Bonchev–Trinajstić information content (AvgIpc) is 3.18. The molecule has 0 fully saturated rings. The second-order valence-electron chi connectivity index (χ2n) is 10.2. The van der Waals surface area contributed by atoms with Gasteiger partial charge in [-0.15, -0.1) is 0 Å². The van der Waals surface area contributed by atoms with Crippen LogP contribution in [-0.4, -0.2) is 110 Å². The first kappa shape index (κ1) is 33.1. The van der Waals surface area contributed by atoms with Gasteiger partial charge in [-0.1, -0.05) is 24.3 Å². The van der Waals surface area contributed by atoms with Gasteiger partial charge in [0.15, 0.2) is 0 Å². The van der Waals surface area contributed by atoms with Crippen LogP contribution >= 0.6 is 0 Å². The van der Waals surface area contributed by atoms with Crippen molar-refractivity contribution in [2.75, 3.05) is 86.3 Å². The predicted molar refractivity (Wildman–Crippen MR) is 159 cm³/mol. The predicted octanol–water partition coefficient (Wildman–Crippen LogP) is 0.393. The molecule has 13 nitrogen and oxygen atoms in total. The van der Waals surface area contributed by atoms with E-state index < -0.39 is 23.3 Å². The first-order chi connectivity index (χ1) is 21.5. The molecule has 4 N–H and O–H groups in total. The summed E-state index contributed by atoms with van der Waals surface area (Å²) in [6.45, 7) is 3.11. The van der Waals surface area contributed by atoms with E-state index >= 15 is 0 Å². The van der Waals surface area contributed by atoms with Crippen LogP contribution in [0.5, 0.6) is 11.5 Å². The number of hydrogen-bond acceptors (Lipinski definition) is 11. The summed E-state index contributed by atoms with van der Waals surface area (Å²) in [4.78, 5) is 38.5. The van der Waals surface area contributed by atoms with Crippen LogP contribution in [0.4, 0.5) is 0 Å². The molecule has 44 heavy (non-hydrogen) atoms. The summed E-state index contributed by atoms with van der Waals surface area (Å²) >= 11 is 0. The molecule has 0 aromatic heterocycles. The maximum absolute atomic E-state index is 13.8. The van der Waals surface area contributed by atoms with Gasteiger partial charge in [-0.3, -0.25) is 14.4 Å². The largest absolute Gasteiger partial charge is 0.491 e. The van der Waals surface area contributed by atoms with E-state index in [1.54, 1.807) is 0 Å². The summed E-state index contributed by atoms with van der Waals surface area (Å²) < 4.78 is 39.6. The summed E-state index contributed by atoms with van der Waals surface area (Å²) in [7, 11) is 1.23. The number of hydrogen-bond donors (Lipinski definition) is 3. The number of methoxy groups -OCH3 is 1. The van der Waals surface area contributed by atoms with E-state index in [-0.39, 0.29) is 39.1 Å². The first-order valence-corrected chi connectivity index (χ1v) is 14.6. The van der Waals surface area contributed by atoms with Gasteiger partial charge in [0.25, 0.3) is 0 Å². The summed E-state index contributed by atoms with van der Waals surface area (Å²) in [5.41, 5.74) is 7.11. The Morgan fingerprint density at radius 3 is 1.64 bits per heavy atom. The van der Waals surface area contributed by atoms with E-state index in [0.717, 1.165) is 22.3 Å². The Balaban J connectivity index is 1.75. The lowest BCUT2D eigenvalue weighted by Crippen LogP contribution is -2.62. The molecule has 240 valence electrons. The van der Waals surface area contributed by atoms with Gasteiger partial charge in [-0.05, 0) is 23.3 Å². The minimum atomic E-state index is -1.49. The number of carbonyl (C=O) groups excluding carboxylic acids is 3. The maximum Gasteiger partial charge on any atom is 0.325 e. The number of nitrogens with one attached hydrogen (secondary N) is 2. The minimum Gasteiger partial charge on any atom is -0.491 e. The van der Waals surface area contributed by atoms with Crippen LogP contribution in [0.15, 0.2) is 36.4 Å². The molecule has 0 atom stereocenters. The van der Waals surface area contributed by atoms with Gasteiger partial charge < -0.3 is 49.5 Å². The number of ether oxygens (including phenoxy) is 7. The lowest BCUT2D eigenvalue weighted by molar-refractivity contribution is -0.142. The summed E-state index contributed by atoms with van der Waals surface area (Å²) in [6, 6.07) is 11.1. The highest BCUT2D eigenvalue weighted by atomic mass is 16.6. The lowest BCUT2D eigenvalue weighted by Gasteiger charge is -2.33. The van der Waals surface area contributed by atoms with Crippen molar-refractivity contribution in [1.29, 1.82) is 0 Å². The van der Waals surface area contributed by atoms with Gasteiger partial charge >= 0.3 is 5.97 Å². The molecular formula is C31H41N3O10. The van der Waals surface area contributed by atoms with Gasteiger partial charge in [0.05, 0.1) is 66.5 Å². The molecule has 0 unspecified atom stereocenters. The molecular weight excluding hydrogens is 574 g/mol. The number of amides is 2. The van der Waals surface area contributed by atoms with Crippen molar-refractivity contribution in [2.45, 2.75) is 18.4 Å². The third-order valence-corrected chi connectivity index (χ3v) is 7.17. The highest BCUT2D eigenvalue weighted by Gasteiger charge is 2.44. The third kappa shape index (κ3) is 8.89. The molecule has 0 radical (unpaired) electrons. The van der Waals surface area contributed by atoms with Crippen LogP contribution in [-0.2, 0) is 50.9 Å². The Kier molecular flexibility index (Phi) is 12.8. The SMILES string of the molecule is COC(=O)CNC(=O)C1(NC(=O)CN)Cc2cccc3c2-c2c(cccc2OCCOCCOCCOCCOCCO3)C1. The van der Waals surface area contributed by atoms with Gasteiger partial charge in [-0.25, -0.2) is 0 Å². The normalized spacial score (nSPS) is 17.8. The number of nitrogens with two attached hydrogens (primary N) is 1. The summed E-state index contributed by atoms with van der Waals surface area (Å²) in [6.07, 6.45) is 0.173. The highest BCUT2D eigenvalue weighted by Crippen LogP contribution is 2.46. The van der Waals surface area contributed by atoms with Crippen molar-refractivity contribution in [3.63, 3.8) is 0 Å². The van der Waals surface area contributed by atoms with E-state index in [9.17, 15) is 14.4 Å². The number of carbonyl (C=O) groups is 3. The molecule has 0 spiro atoms. The molecule has 0 saturated carbocycles. The molecule has 1 aliphatic heterocycles. The maximum atomic E-state index is 13.8. The molecule has 2 aliphatic rings. The zero-order chi connectivity index (χ0) is 31.2. The molecule has 0 bridgehead atoms. The van der Waals surface area contributed by atoms with E-state index in [2.05, 4.69) is 10.6 Å². The van der Waals surface area contributed by atoms with E-state index in [1.165, 1.54) is 7.11 Å². The monoisotopic (exact) mass is 615 g/mol. The zero-order valence-corrected chi connectivity index (χ0v) is 25.0. The Morgan fingerprint density at radius 1 is 0.750 bits per heavy atom. The Hall–Kier alpha value is -3.75. The molecule has 4 rings (SSSR count). The fourth-order valence-electron chi connectivity index (χ4n) is 5.17. The van der Waals surface area contributed by atoms with Crippen molar-refractivity contribution in [1.82, 2.24) is 10.6 Å². The van der Waals surface area contributed by atoms with Crippen molar-refractivity contribution < 1.29 is 47.5 Å². The summed E-state index contributed by atoms with van der Waals surface area (Å²) in [5.74, 6) is -0.556. The Labute approximate surface area is 256 Å². The van der Waals surface area contributed by atoms with Crippen LogP contribution in [0.25, 0.3) is 11.1 Å².